The Hall–Kier alpha value is -1.96. The van der Waals surface area contributed by atoms with E-state index in [1.807, 2.05) is 0 Å². The van der Waals surface area contributed by atoms with E-state index in [4.69, 9.17) is 10.5 Å². The molecule has 1 heterocycles. The van der Waals surface area contributed by atoms with Crippen LogP contribution in [-0.4, -0.2) is 47.4 Å². The molecule has 1 aromatic heterocycles. The molecule has 0 aliphatic carbocycles. The molecule has 8 heteroatoms. The van der Waals surface area contributed by atoms with Crippen LogP contribution in [0, 0.1) is 0 Å². The quantitative estimate of drug-likeness (QED) is 0.756. The fourth-order valence-corrected chi connectivity index (χ4v) is 2.02. The van der Waals surface area contributed by atoms with Crippen molar-refractivity contribution in [3.05, 3.63) is 16.1 Å². The second kappa shape index (κ2) is 6.83. The monoisotopic (exact) mass is 285 g/mol. The highest BCUT2D eigenvalue weighted by Gasteiger charge is 2.21. The van der Waals surface area contributed by atoms with Crippen LogP contribution < -0.4 is 5.73 Å². The number of primary amides is 1. The number of rotatable bonds is 6. The van der Waals surface area contributed by atoms with Crippen molar-refractivity contribution in [3.8, 4) is 0 Å². The van der Waals surface area contributed by atoms with Crippen molar-refractivity contribution in [2.75, 3.05) is 19.7 Å². The number of thiazole rings is 1. The van der Waals surface area contributed by atoms with Crippen LogP contribution >= 0.6 is 11.3 Å². The number of ether oxygens (including phenoxy) is 1. The number of hydrogen-bond acceptors (Lipinski definition) is 6. The summed E-state index contributed by atoms with van der Waals surface area (Å²) < 4.78 is 4.78. The van der Waals surface area contributed by atoms with E-state index < -0.39 is 17.8 Å². The molecule has 0 aromatic carbocycles. The van der Waals surface area contributed by atoms with Crippen molar-refractivity contribution in [1.82, 2.24) is 9.88 Å². The summed E-state index contributed by atoms with van der Waals surface area (Å²) in [5.41, 5.74) is 5.16. The van der Waals surface area contributed by atoms with Gasteiger partial charge in [0.2, 0.25) is 10.9 Å². The zero-order valence-corrected chi connectivity index (χ0v) is 11.5. The van der Waals surface area contributed by atoms with Gasteiger partial charge in [-0.15, -0.1) is 11.3 Å². The summed E-state index contributed by atoms with van der Waals surface area (Å²) in [5.74, 6) is -1.60. The molecule has 0 saturated heterocycles. The van der Waals surface area contributed by atoms with Crippen molar-refractivity contribution in [2.24, 2.45) is 5.73 Å². The first kappa shape index (κ1) is 15.1. The number of carbonyl (C=O) groups excluding carboxylic acids is 3. The van der Waals surface area contributed by atoms with Crippen LogP contribution in [0.25, 0.3) is 0 Å². The van der Waals surface area contributed by atoms with Crippen LogP contribution in [0.4, 0.5) is 0 Å². The molecule has 2 N–H and O–H groups in total. The van der Waals surface area contributed by atoms with Gasteiger partial charge in [-0.25, -0.2) is 9.78 Å². The molecule has 0 aliphatic rings. The molecular formula is C11H15N3O4S. The molecule has 0 saturated carbocycles. The van der Waals surface area contributed by atoms with Gasteiger partial charge in [-0.2, -0.15) is 0 Å². The Morgan fingerprint density at radius 3 is 2.63 bits per heavy atom. The van der Waals surface area contributed by atoms with Crippen molar-refractivity contribution in [3.63, 3.8) is 0 Å². The number of carbonyl (C=O) groups is 3. The molecular weight excluding hydrogens is 270 g/mol. The first-order chi connectivity index (χ1) is 8.99. The van der Waals surface area contributed by atoms with E-state index in [-0.39, 0.29) is 23.9 Å². The standard InChI is InChI=1S/C11H15N3O4S/c1-3-14(5-8(12)15)10(16)7-6-19-9(13-7)11(17)18-4-2/h6H,3-5H2,1-2H3,(H2,12,15). The Labute approximate surface area is 114 Å². The molecule has 19 heavy (non-hydrogen) atoms. The number of nitrogens with two attached hydrogens (primary N) is 1. The lowest BCUT2D eigenvalue weighted by atomic mass is 10.3. The third-order valence-corrected chi connectivity index (χ3v) is 3.01. The van der Waals surface area contributed by atoms with Crippen molar-refractivity contribution >= 4 is 29.1 Å². The normalized spacial score (nSPS) is 10.0. The van der Waals surface area contributed by atoms with Crippen LogP contribution in [0.1, 0.15) is 34.1 Å². The molecule has 0 bridgehead atoms. The predicted molar refractivity (Wildman–Crippen MR) is 68.8 cm³/mol. The molecule has 2 amide bonds. The lowest BCUT2D eigenvalue weighted by Crippen LogP contribution is -2.38. The summed E-state index contributed by atoms with van der Waals surface area (Å²) in [6.45, 7) is 3.79. The minimum atomic E-state index is -0.601. The van der Waals surface area contributed by atoms with Gasteiger partial charge in [-0.1, -0.05) is 0 Å². The average molecular weight is 285 g/mol. The fourth-order valence-electron chi connectivity index (χ4n) is 1.34. The van der Waals surface area contributed by atoms with Gasteiger partial charge in [0, 0.05) is 11.9 Å². The van der Waals surface area contributed by atoms with Gasteiger partial charge in [0.25, 0.3) is 5.91 Å². The summed E-state index contributed by atoms with van der Waals surface area (Å²) in [5, 5.41) is 1.57. The highest BCUT2D eigenvalue weighted by atomic mass is 32.1. The molecule has 0 radical (unpaired) electrons. The van der Waals surface area contributed by atoms with Gasteiger partial charge in [0.05, 0.1) is 13.2 Å². The smallest absolute Gasteiger partial charge is 0.367 e. The number of likely N-dealkylation sites (N-methyl/N-ethyl adjacent to an activating group) is 1. The van der Waals surface area contributed by atoms with Gasteiger partial charge in [0.15, 0.2) is 0 Å². The largest absolute Gasteiger partial charge is 0.461 e. The van der Waals surface area contributed by atoms with E-state index in [1.54, 1.807) is 13.8 Å². The van der Waals surface area contributed by atoms with Crippen LogP contribution in [0.2, 0.25) is 0 Å². The second-order valence-corrected chi connectivity index (χ2v) is 4.40. The van der Waals surface area contributed by atoms with Crippen molar-refractivity contribution in [1.29, 1.82) is 0 Å². The number of aromatic nitrogens is 1. The Bertz CT molecular complexity index is 486. The zero-order valence-electron chi connectivity index (χ0n) is 10.7. The predicted octanol–water partition coefficient (Wildman–Crippen LogP) is 0.267. The molecule has 0 fully saturated rings. The molecule has 7 nitrogen and oxygen atoms in total. The Morgan fingerprint density at radius 2 is 2.11 bits per heavy atom. The van der Waals surface area contributed by atoms with Crippen LogP contribution in [0.15, 0.2) is 5.38 Å². The third-order valence-electron chi connectivity index (χ3n) is 2.19. The number of nitrogens with zero attached hydrogens (tertiary/aromatic N) is 2. The zero-order chi connectivity index (χ0) is 14.4. The minimum absolute atomic E-state index is 0.108. The van der Waals surface area contributed by atoms with E-state index >= 15 is 0 Å². The SMILES string of the molecule is CCOC(=O)c1nc(C(=O)N(CC)CC(N)=O)cs1. The lowest BCUT2D eigenvalue weighted by Gasteiger charge is -2.17. The van der Waals surface area contributed by atoms with E-state index in [1.165, 1.54) is 10.3 Å². The Morgan fingerprint density at radius 1 is 1.42 bits per heavy atom. The maximum atomic E-state index is 12.0. The Kier molecular flexibility index (Phi) is 5.43. The van der Waals surface area contributed by atoms with Gasteiger partial charge in [0.1, 0.15) is 5.69 Å². The lowest BCUT2D eigenvalue weighted by molar-refractivity contribution is -0.118. The number of hydrogen-bond donors (Lipinski definition) is 1. The first-order valence-corrected chi connectivity index (χ1v) is 6.57. The summed E-state index contributed by atoms with van der Waals surface area (Å²) in [7, 11) is 0. The molecule has 0 spiro atoms. The molecule has 0 atom stereocenters. The van der Waals surface area contributed by atoms with E-state index in [0.29, 0.717) is 6.54 Å². The molecule has 0 aliphatic heterocycles. The summed E-state index contributed by atoms with van der Waals surface area (Å²) in [4.78, 5) is 39.4. The Balaban J connectivity index is 2.82. The molecule has 0 unspecified atom stereocenters. The maximum absolute atomic E-state index is 12.0. The summed E-state index contributed by atoms with van der Waals surface area (Å²) in [6, 6.07) is 0. The van der Waals surface area contributed by atoms with Crippen LogP contribution in [0.5, 0.6) is 0 Å². The van der Waals surface area contributed by atoms with E-state index in [2.05, 4.69) is 4.98 Å². The minimum Gasteiger partial charge on any atom is -0.461 e. The van der Waals surface area contributed by atoms with E-state index in [0.717, 1.165) is 11.3 Å². The summed E-state index contributed by atoms with van der Waals surface area (Å²) in [6.07, 6.45) is 0. The topological polar surface area (TPSA) is 103 Å². The highest BCUT2D eigenvalue weighted by molar-refractivity contribution is 7.11. The number of amides is 2. The second-order valence-electron chi connectivity index (χ2n) is 3.54. The summed E-state index contributed by atoms with van der Waals surface area (Å²) >= 11 is 1.02. The van der Waals surface area contributed by atoms with Gasteiger partial charge < -0.3 is 15.4 Å². The van der Waals surface area contributed by atoms with Crippen molar-refractivity contribution in [2.45, 2.75) is 13.8 Å². The fraction of sp³-hybridized carbons (Fsp3) is 0.455. The third kappa shape index (κ3) is 4.02. The first-order valence-electron chi connectivity index (χ1n) is 5.69. The van der Waals surface area contributed by atoms with Gasteiger partial charge in [-0.3, -0.25) is 9.59 Å². The molecule has 104 valence electrons. The van der Waals surface area contributed by atoms with Crippen LogP contribution in [-0.2, 0) is 9.53 Å². The van der Waals surface area contributed by atoms with Crippen LogP contribution in [0.3, 0.4) is 0 Å². The molecule has 1 rings (SSSR count). The van der Waals surface area contributed by atoms with E-state index in [9.17, 15) is 14.4 Å². The maximum Gasteiger partial charge on any atom is 0.367 e. The highest BCUT2D eigenvalue weighted by Crippen LogP contribution is 2.13. The molecule has 1 aromatic rings. The average Bonchev–Trinajstić information content (AvgIpc) is 2.84. The van der Waals surface area contributed by atoms with Gasteiger partial charge >= 0.3 is 5.97 Å². The van der Waals surface area contributed by atoms with Gasteiger partial charge in [-0.05, 0) is 13.8 Å². The van der Waals surface area contributed by atoms with Crippen molar-refractivity contribution < 1.29 is 19.1 Å². The number of esters is 1.